The van der Waals surface area contributed by atoms with Gasteiger partial charge >= 0.3 is 0 Å². The van der Waals surface area contributed by atoms with E-state index in [2.05, 4.69) is 15.5 Å². The Morgan fingerprint density at radius 3 is 2.47 bits per heavy atom. The van der Waals surface area contributed by atoms with Crippen LogP contribution in [-0.4, -0.2) is 41.9 Å². The third kappa shape index (κ3) is 4.25. The van der Waals surface area contributed by atoms with Crippen molar-refractivity contribution < 1.29 is 22.2 Å². The highest BCUT2D eigenvalue weighted by atomic mass is 32.2. The third-order valence-corrected chi connectivity index (χ3v) is 7.63. The minimum absolute atomic E-state index is 0.208. The second kappa shape index (κ2) is 8.88. The smallest absolute Gasteiger partial charge is 0.291 e. The number of aryl methyl sites for hydroxylation is 1. The molecular weight excluding hydrogens is 456 g/mol. The Hall–Kier alpha value is -3.76. The first kappa shape index (κ1) is 22.1. The number of sulfonamides is 1. The lowest BCUT2D eigenvalue weighted by Gasteiger charge is -2.15. The highest BCUT2D eigenvalue weighted by Gasteiger charge is 2.27. The van der Waals surface area contributed by atoms with E-state index < -0.39 is 10.0 Å². The maximum absolute atomic E-state index is 12.7. The molecule has 1 amide bonds. The molecule has 9 nitrogen and oxygen atoms in total. The Labute approximate surface area is 196 Å². The van der Waals surface area contributed by atoms with Gasteiger partial charge in [0, 0.05) is 29.9 Å². The van der Waals surface area contributed by atoms with Crippen molar-refractivity contribution in [2.24, 2.45) is 0 Å². The SMILES string of the molecule is Cc1ccc(-c2nc(-c3ccc(S(=O)(=O)N4CCCC4)cc3)no2)cc1NC(=O)c1ccco1. The molecule has 10 heteroatoms. The number of hydrogen-bond donors (Lipinski definition) is 1. The van der Waals surface area contributed by atoms with Crippen molar-refractivity contribution in [1.82, 2.24) is 14.4 Å². The summed E-state index contributed by atoms with van der Waals surface area (Å²) in [4.78, 5) is 17.0. The Balaban J connectivity index is 1.36. The minimum Gasteiger partial charge on any atom is -0.459 e. The second-order valence-electron chi connectivity index (χ2n) is 8.02. The van der Waals surface area contributed by atoms with E-state index in [1.54, 1.807) is 42.5 Å². The summed E-state index contributed by atoms with van der Waals surface area (Å²) in [7, 11) is -3.48. The van der Waals surface area contributed by atoms with E-state index >= 15 is 0 Å². The number of nitrogens with zero attached hydrogens (tertiary/aromatic N) is 3. The number of hydrogen-bond acceptors (Lipinski definition) is 7. The van der Waals surface area contributed by atoms with Crippen molar-refractivity contribution in [3.05, 3.63) is 72.2 Å². The fraction of sp³-hybridized carbons (Fsp3) is 0.208. The average Bonchev–Trinajstić information content (AvgIpc) is 3.63. The molecule has 1 aliphatic heterocycles. The van der Waals surface area contributed by atoms with Gasteiger partial charge in [0.1, 0.15) is 0 Å². The van der Waals surface area contributed by atoms with Gasteiger partial charge in [-0.2, -0.15) is 9.29 Å². The number of furan rings is 1. The van der Waals surface area contributed by atoms with E-state index in [0.717, 1.165) is 18.4 Å². The molecule has 1 saturated heterocycles. The molecular formula is C24H22N4O5S. The van der Waals surface area contributed by atoms with Gasteiger partial charge in [0.15, 0.2) is 5.76 Å². The van der Waals surface area contributed by atoms with Crippen molar-refractivity contribution >= 4 is 21.6 Å². The van der Waals surface area contributed by atoms with Gasteiger partial charge < -0.3 is 14.3 Å². The Kier molecular flexibility index (Phi) is 5.76. The zero-order valence-corrected chi connectivity index (χ0v) is 19.2. The molecule has 4 aromatic rings. The summed E-state index contributed by atoms with van der Waals surface area (Å²) in [6.45, 7) is 2.98. The molecule has 3 heterocycles. The van der Waals surface area contributed by atoms with Gasteiger partial charge in [-0.1, -0.05) is 11.2 Å². The van der Waals surface area contributed by atoms with Crippen LogP contribution < -0.4 is 5.32 Å². The number of nitrogens with one attached hydrogen (secondary N) is 1. The molecule has 1 N–H and O–H groups in total. The maximum atomic E-state index is 12.7. The van der Waals surface area contributed by atoms with Crippen LogP contribution in [0.5, 0.6) is 0 Å². The average molecular weight is 479 g/mol. The summed E-state index contributed by atoms with van der Waals surface area (Å²) < 4.78 is 37.5. The number of carbonyl (C=O) groups is 1. The molecule has 0 bridgehead atoms. The molecule has 1 fully saturated rings. The van der Waals surface area contributed by atoms with E-state index in [4.69, 9.17) is 8.94 Å². The summed E-state index contributed by atoms with van der Waals surface area (Å²) in [6.07, 6.45) is 3.21. The van der Waals surface area contributed by atoms with Gasteiger partial charge in [-0.15, -0.1) is 0 Å². The summed E-state index contributed by atoms with van der Waals surface area (Å²) in [5.74, 6) is 0.458. The van der Waals surface area contributed by atoms with Gasteiger partial charge in [-0.3, -0.25) is 4.79 Å². The Morgan fingerprint density at radius 2 is 1.76 bits per heavy atom. The quantitative estimate of drug-likeness (QED) is 0.438. The Morgan fingerprint density at radius 1 is 1.03 bits per heavy atom. The van der Waals surface area contributed by atoms with E-state index in [1.165, 1.54) is 10.6 Å². The van der Waals surface area contributed by atoms with Gasteiger partial charge in [-0.05, 0) is 73.9 Å². The zero-order valence-electron chi connectivity index (χ0n) is 18.4. The van der Waals surface area contributed by atoms with Crippen LogP contribution in [0.15, 0.2) is 74.7 Å². The number of aromatic nitrogens is 2. The number of rotatable bonds is 6. The van der Waals surface area contributed by atoms with Crippen LogP contribution in [0, 0.1) is 6.92 Å². The van der Waals surface area contributed by atoms with Crippen LogP contribution in [0.1, 0.15) is 29.0 Å². The van der Waals surface area contributed by atoms with Crippen molar-refractivity contribution in [1.29, 1.82) is 0 Å². The first-order chi connectivity index (χ1) is 16.4. The van der Waals surface area contributed by atoms with Gasteiger partial charge in [0.2, 0.25) is 15.8 Å². The van der Waals surface area contributed by atoms with E-state index in [0.29, 0.717) is 35.7 Å². The predicted molar refractivity (Wildman–Crippen MR) is 125 cm³/mol. The minimum atomic E-state index is -3.48. The topological polar surface area (TPSA) is 119 Å². The molecule has 2 aromatic carbocycles. The first-order valence-corrected chi connectivity index (χ1v) is 12.3. The van der Waals surface area contributed by atoms with E-state index in [-0.39, 0.29) is 22.5 Å². The van der Waals surface area contributed by atoms with Crippen molar-refractivity contribution in [2.75, 3.05) is 18.4 Å². The van der Waals surface area contributed by atoms with Crippen LogP contribution >= 0.6 is 0 Å². The number of carbonyl (C=O) groups excluding carboxylic acids is 1. The lowest BCUT2D eigenvalue weighted by molar-refractivity contribution is 0.0996. The molecule has 5 rings (SSSR count). The number of anilines is 1. The molecule has 0 unspecified atom stereocenters. The first-order valence-electron chi connectivity index (χ1n) is 10.8. The number of benzene rings is 2. The lowest BCUT2D eigenvalue weighted by atomic mass is 10.1. The fourth-order valence-electron chi connectivity index (χ4n) is 3.79. The lowest BCUT2D eigenvalue weighted by Crippen LogP contribution is -2.27. The summed E-state index contributed by atoms with van der Waals surface area (Å²) in [5.41, 5.74) is 2.72. The largest absolute Gasteiger partial charge is 0.459 e. The van der Waals surface area contributed by atoms with Gasteiger partial charge in [-0.25, -0.2) is 8.42 Å². The molecule has 1 aliphatic rings. The maximum Gasteiger partial charge on any atom is 0.291 e. The van der Waals surface area contributed by atoms with Crippen molar-refractivity contribution in [3.63, 3.8) is 0 Å². The van der Waals surface area contributed by atoms with Crippen LogP contribution in [-0.2, 0) is 10.0 Å². The number of amides is 1. The van der Waals surface area contributed by atoms with Crippen LogP contribution in [0.2, 0.25) is 0 Å². The van der Waals surface area contributed by atoms with E-state index in [1.807, 2.05) is 19.1 Å². The summed E-state index contributed by atoms with van der Waals surface area (Å²) >= 11 is 0. The van der Waals surface area contributed by atoms with E-state index in [9.17, 15) is 13.2 Å². The molecule has 0 radical (unpaired) electrons. The fourth-order valence-corrected chi connectivity index (χ4v) is 5.31. The normalized spacial score (nSPS) is 14.4. The standard InChI is InChI=1S/C24H22N4O5S/c1-16-6-7-18(15-20(16)25-23(29)21-5-4-14-32-21)24-26-22(27-33-24)17-8-10-19(11-9-17)34(30,31)28-12-2-3-13-28/h4-11,14-15H,2-3,12-13H2,1H3,(H,25,29). The molecule has 0 saturated carbocycles. The van der Waals surface area contributed by atoms with Gasteiger partial charge in [0.05, 0.1) is 11.2 Å². The van der Waals surface area contributed by atoms with Crippen molar-refractivity contribution in [2.45, 2.75) is 24.7 Å². The third-order valence-electron chi connectivity index (χ3n) is 5.72. The summed E-state index contributed by atoms with van der Waals surface area (Å²) in [5, 5.41) is 6.86. The molecule has 0 atom stereocenters. The highest BCUT2D eigenvalue weighted by Crippen LogP contribution is 2.28. The summed E-state index contributed by atoms with van der Waals surface area (Å²) in [6, 6.07) is 15.1. The zero-order chi connectivity index (χ0) is 23.7. The molecule has 2 aromatic heterocycles. The van der Waals surface area contributed by atoms with Crippen LogP contribution in [0.25, 0.3) is 22.8 Å². The second-order valence-corrected chi connectivity index (χ2v) is 9.96. The van der Waals surface area contributed by atoms with Gasteiger partial charge in [0.25, 0.3) is 11.8 Å². The van der Waals surface area contributed by atoms with Crippen LogP contribution in [0.4, 0.5) is 5.69 Å². The predicted octanol–water partition coefficient (Wildman–Crippen LogP) is 4.34. The van der Waals surface area contributed by atoms with Crippen LogP contribution in [0.3, 0.4) is 0 Å². The molecule has 174 valence electrons. The van der Waals surface area contributed by atoms with Crippen molar-refractivity contribution in [3.8, 4) is 22.8 Å². The monoisotopic (exact) mass is 478 g/mol. The molecule has 34 heavy (non-hydrogen) atoms. The molecule has 0 aliphatic carbocycles. The molecule has 0 spiro atoms. The Bertz CT molecular complexity index is 1420. The highest BCUT2D eigenvalue weighted by molar-refractivity contribution is 7.89.